The fourth-order valence-corrected chi connectivity index (χ4v) is 16.1. The van der Waals surface area contributed by atoms with Crippen molar-refractivity contribution in [3.63, 3.8) is 0 Å². The first-order valence-corrected chi connectivity index (χ1v) is 27.3. The smallest absolute Gasteiger partial charge is 0.315 e. The molecule has 0 aromatic rings. The molecule has 0 unspecified atom stereocenters. The van der Waals surface area contributed by atoms with Gasteiger partial charge in [0.25, 0.3) is 0 Å². The summed E-state index contributed by atoms with van der Waals surface area (Å²) in [4.78, 5) is 15.0. The fourth-order valence-electron chi connectivity index (χ4n) is 16.1. The van der Waals surface area contributed by atoms with Gasteiger partial charge in [0, 0.05) is 5.41 Å². The molecule has 5 aliphatic carbocycles. The molecule has 4 aliphatic heterocycles. The highest BCUT2D eigenvalue weighted by Gasteiger charge is 2.71. The lowest BCUT2D eigenvalue weighted by Gasteiger charge is -2.71. The average molecular weight is 1090 g/mol. The third-order valence-corrected chi connectivity index (χ3v) is 21.2. The van der Waals surface area contributed by atoms with Crippen LogP contribution >= 0.6 is 0 Å². The van der Waals surface area contributed by atoms with Crippen LogP contribution in [-0.4, -0.2) is 233 Å². The molecule has 23 heteroatoms. The number of hydrogen-bond donors (Lipinski definition) is 14. The van der Waals surface area contributed by atoms with Crippen molar-refractivity contribution in [2.75, 3.05) is 39.6 Å². The van der Waals surface area contributed by atoms with E-state index in [1.165, 1.54) is 5.57 Å². The summed E-state index contributed by atoms with van der Waals surface area (Å²) in [5.41, 5.74) is -4.03. The van der Waals surface area contributed by atoms with E-state index in [1.54, 1.807) is 0 Å². The molecule has 0 bridgehead atoms. The number of fused-ring (bicyclic) bond motifs is 7. The van der Waals surface area contributed by atoms with Gasteiger partial charge in [-0.2, -0.15) is 0 Å². The molecule has 0 spiro atoms. The highest BCUT2D eigenvalue weighted by Crippen LogP contribution is 2.76. The molecule has 436 valence electrons. The van der Waals surface area contributed by atoms with Crippen molar-refractivity contribution in [1.82, 2.24) is 0 Å². The number of aliphatic hydroxyl groups is 14. The maximum Gasteiger partial charge on any atom is 0.315 e. The minimum absolute atomic E-state index is 0.0650. The van der Waals surface area contributed by atoms with Crippen molar-refractivity contribution in [3.05, 3.63) is 11.6 Å². The van der Waals surface area contributed by atoms with Gasteiger partial charge in [0.2, 0.25) is 6.29 Å². The van der Waals surface area contributed by atoms with Crippen LogP contribution in [0.5, 0.6) is 0 Å². The number of rotatable bonds is 12. The molecule has 4 saturated carbocycles. The first-order valence-electron chi connectivity index (χ1n) is 27.3. The second-order valence-electron chi connectivity index (χ2n) is 25.9. The molecular weight excluding hydrogens is 1000 g/mol. The Morgan fingerprint density at radius 1 is 0.658 bits per heavy atom. The number of hydrogen-bond acceptors (Lipinski definition) is 23. The van der Waals surface area contributed by atoms with Gasteiger partial charge >= 0.3 is 5.97 Å². The molecule has 0 amide bonds. The zero-order valence-electron chi connectivity index (χ0n) is 44.5. The number of allylic oxidation sites excluding steroid dienone is 2. The van der Waals surface area contributed by atoms with E-state index in [4.69, 9.17) is 37.9 Å². The zero-order valence-corrected chi connectivity index (χ0v) is 44.5. The van der Waals surface area contributed by atoms with E-state index in [9.17, 15) is 76.3 Å². The van der Waals surface area contributed by atoms with E-state index >= 15 is 0 Å². The normalized spacial score (nSPS) is 54.3. The van der Waals surface area contributed by atoms with Crippen LogP contribution in [0.2, 0.25) is 0 Å². The summed E-state index contributed by atoms with van der Waals surface area (Å²) in [6, 6.07) is 0. The highest BCUT2D eigenvalue weighted by atomic mass is 16.8. The number of aliphatic hydroxyl groups excluding tert-OH is 13. The second kappa shape index (κ2) is 21.3. The van der Waals surface area contributed by atoms with E-state index in [0.717, 1.165) is 19.3 Å². The molecule has 9 rings (SSSR count). The van der Waals surface area contributed by atoms with Crippen molar-refractivity contribution in [2.45, 2.75) is 222 Å². The van der Waals surface area contributed by atoms with Gasteiger partial charge in [0.05, 0.1) is 51.2 Å². The molecule has 4 heterocycles. The fraction of sp³-hybridized carbons (Fsp3) is 0.943. The molecule has 23 nitrogen and oxygen atoms in total. The third-order valence-electron chi connectivity index (χ3n) is 21.2. The van der Waals surface area contributed by atoms with Gasteiger partial charge in [0.15, 0.2) is 18.9 Å². The summed E-state index contributed by atoms with van der Waals surface area (Å²) in [7, 11) is 0. The Labute approximate surface area is 442 Å². The van der Waals surface area contributed by atoms with Crippen LogP contribution in [0.15, 0.2) is 11.6 Å². The average Bonchev–Trinajstić information content (AvgIpc) is 3.40. The van der Waals surface area contributed by atoms with E-state index in [-0.39, 0.29) is 52.6 Å². The monoisotopic (exact) mass is 1090 g/mol. The van der Waals surface area contributed by atoms with Gasteiger partial charge < -0.3 is 109 Å². The Morgan fingerprint density at radius 2 is 1.29 bits per heavy atom. The summed E-state index contributed by atoms with van der Waals surface area (Å²) in [5.74, 6) is -0.740. The molecule has 0 radical (unpaired) electrons. The summed E-state index contributed by atoms with van der Waals surface area (Å²) in [6.45, 7) is 10.0. The van der Waals surface area contributed by atoms with Crippen LogP contribution in [0.25, 0.3) is 0 Å². The van der Waals surface area contributed by atoms with Crippen LogP contribution in [-0.2, 0) is 42.7 Å². The Bertz CT molecular complexity index is 2100. The third kappa shape index (κ3) is 9.46. The minimum Gasteiger partial charge on any atom is -0.432 e. The molecule has 9 aliphatic rings. The van der Waals surface area contributed by atoms with Crippen LogP contribution in [0.4, 0.5) is 0 Å². The molecule has 76 heavy (non-hydrogen) atoms. The largest absolute Gasteiger partial charge is 0.432 e. The first-order chi connectivity index (χ1) is 35.6. The van der Waals surface area contributed by atoms with Crippen LogP contribution in [0, 0.1) is 50.2 Å². The van der Waals surface area contributed by atoms with Crippen molar-refractivity contribution >= 4 is 5.97 Å². The number of esters is 1. The van der Waals surface area contributed by atoms with Gasteiger partial charge in [-0.15, -0.1) is 0 Å². The molecule has 0 aromatic carbocycles. The molecule has 8 fully saturated rings. The highest BCUT2D eigenvalue weighted by molar-refractivity contribution is 5.79. The van der Waals surface area contributed by atoms with Crippen molar-refractivity contribution in [3.8, 4) is 0 Å². The van der Waals surface area contributed by atoms with E-state index in [1.807, 2.05) is 6.92 Å². The van der Waals surface area contributed by atoms with Crippen LogP contribution in [0.1, 0.15) is 106 Å². The zero-order chi connectivity index (χ0) is 55.5. The molecule has 0 aromatic heterocycles. The van der Waals surface area contributed by atoms with Crippen molar-refractivity contribution in [1.29, 1.82) is 0 Å². The summed E-state index contributed by atoms with van der Waals surface area (Å²) in [5, 5.41) is 149. The van der Waals surface area contributed by atoms with Crippen molar-refractivity contribution < 1.29 is 114 Å². The Balaban J connectivity index is 0.912. The molecule has 27 atom stereocenters. The van der Waals surface area contributed by atoms with Gasteiger partial charge in [0.1, 0.15) is 85.0 Å². The number of carbonyl (C=O) groups excluding carboxylic acids is 1. The minimum atomic E-state index is -2.30. The maximum absolute atomic E-state index is 15.0. The lowest BCUT2D eigenvalue weighted by molar-refractivity contribution is -0.368. The maximum atomic E-state index is 15.0. The van der Waals surface area contributed by atoms with Gasteiger partial charge in [-0.1, -0.05) is 53.2 Å². The Hall–Kier alpha value is -1.63. The summed E-state index contributed by atoms with van der Waals surface area (Å²) >= 11 is 0. The topological polar surface area (TPSA) is 374 Å². The number of ether oxygens (including phenoxy) is 8. The Morgan fingerprint density at radius 3 is 1.93 bits per heavy atom. The van der Waals surface area contributed by atoms with Crippen LogP contribution in [0.3, 0.4) is 0 Å². The first kappa shape index (κ1) is 59.0. The van der Waals surface area contributed by atoms with E-state index in [2.05, 4.69) is 40.7 Å². The van der Waals surface area contributed by atoms with Crippen LogP contribution < -0.4 is 0 Å². The molecule has 14 N–H and O–H groups in total. The van der Waals surface area contributed by atoms with Gasteiger partial charge in [-0.05, 0) is 104 Å². The predicted octanol–water partition coefficient (Wildman–Crippen LogP) is -2.42. The Kier molecular flexibility index (Phi) is 16.5. The van der Waals surface area contributed by atoms with Gasteiger partial charge in [-0.3, -0.25) is 4.79 Å². The quantitative estimate of drug-likeness (QED) is 0.0549. The lowest BCUT2D eigenvalue weighted by Crippen LogP contribution is -2.67. The van der Waals surface area contributed by atoms with Crippen molar-refractivity contribution in [2.24, 2.45) is 50.2 Å². The predicted molar refractivity (Wildman–Crippen MR) is 258 cm³/mol. The SMILES string of the molecule is CC1(C)CC[C@]2(C(=O)O[C@@H]3OC[C@](O)(CO[C@@H]4O[C@H](CO)[C@@H](O)[C@H](O)[C@H]4O)[C@H](O)[C@H]3O)CC[C@]3(C)C(=CC[C@@H]4[C@@]5(C)CC[C@H](O[C@@H]6OC[C@H](O)[C@H](O)[C@H]6O[C@@H]6O[C@H](CO)[C@@H](O)[C@H](O)[C@H]6O)[C@@](C)(CO)[C@@H]5CC[C@]43C)[C@@H]2C1. The van der Waals surface area contributed by atoms with Gasteiger partial charge in [-0.25, -0.2) is 0 Å². The molecule has 4 saturated heterocycles. The molecular formula is C53H86O23. The standard InChI is InChI=1S/C53H86O23/c1-47(2)13-15-52(46(67)76-43-39(65)41(66)53(68,23-71-43)22-70-42-37(63)35(61)33(59)27(18-54)72-42)16-14-50(5)24(25(52)17-47)7-8-30-48(3)11-10-31(49(4,21-56)29(48)9-12-51(30,50)6)74-45-40(32(58)26(57)20-69-45)75-44-38(64)36(62)34(60)28(19-55)73-44/h7,25-45,54-66,68H,8-23H2,1-6H3/t25-,26-,27+,28+,29+,30+,31-,32-,33+,34+,35-,36-,37+,38+,39+,40+,41+,42+,43-,44-,45-,48-,49-,50+,51+,52-,53+/m0/s1. The van der Waals surface area contributed by atoms with E-state index in [0.29, 0.717) is 44.9 Å². The van der Waals surface area contributed by atoms with E-state index < -0.39 is 159 Å². The summed E-state index contributed by atoms with van der Waals surface area (Å²) in [6.07, 6.45) is -19.4. The summed E-state index contributed by atoms with van der Waals surface area (Å²) < 4.78 is 47.0. The number of carbonyl (C=O) groups is 1. The second-order valence-corrected chi connectivity index (χ2v) is 25.9. The lowest BCUT2D eigenvalue weighted by atomic mass is 9.33.